The predicted octanol–water partition coefficient (Wildman–Crippen LogP) is 3.98. The number of nitrogens with two attached hydrogens (primary N) is 1. The first-order valence-corrected chi connectivity index (χ1v) is 8.14. The molecular weight excluding hydrogens is 348 g/mol. The standard InChI is InChI=1S/C15H15BrN4S/c1-9-7-11-13(18-15(17)19-14(11)21-9)20(2)8-10-5-3-4-6-12(10)16/h3-7H,8H2,1-2H3,(H2,17,18,19). The van der Waals surface area contributed by atoms with Gasteiger partial charge < -0.3 is 10.6 Å². The van der Waals surface area contributed by atoms with Gasteiger partial charge in [0.05, 0.1) is 5.39 Å². The van der Waals surface area contributed by atoms with Gasteiger partial charge >= 0.3 is 0 Å². The van der Waals surface area contributed by atoms with Crippen LogP contribution in [0.4, 0.5) is 11.8 Å². The first-order valence-electron chi connectivity index (χ1n) is 6.53. The number of nitrogens with zero attached hydrogens (tertiary/aromatic N) is 3. The zero-order valence-corrected chi connectivity index (χ0v) is 14.2. The molecule has 0 saturated carbocycles. The van der Waals surface area contributed by atoms with Crippen molar-refractivity contribution in [2.75, 3.05) is 17.7 Å². The van der Waals surface area contributed by atoms with Gasteiger partial charge in [-0.3, -0.25) is 0 Å². The lowest BCUT2D eigenvalue weighted by atomic mass is 10.2. The van der Waals surface area contributed by atoms with E-state index >= 15 is 0 Å². The van der Waals surface area contributed by atoms with Crippen molar-refractivity contribution in [3.63, 3.8) is 0 Å². The number of halogens is 1. The van der Waals surface area contributed by atoms with E-state index < -0.39 is 0 Å². The number of aromatic nitrogens is 2. The first-order chi connectivity index (χ1) is 10.0. The van der Waals surface area contributed by atoms with Crippen molar-refractivity contribution in [1.29, 1.82) is 0 Å². The maximum Gasteiger partial charge on any atom is 0.223 e. The van der Waals surface area contributed by atoms with Crippen molar-refractivity contribution in [2.45, 2.75) is 13.5 Å². The van der Waals surface area contributed by atoms with E-state index in [2.05, 4.69) is 49.9 Å². The molecule has 1 aromatic carbocycles. The van der Waals surface area contributed by atoms with Crippen molar-refractivity contribution in [2.24, 2.45) is 0 Å². The minimum Gasteiger partial charge on any atom is -0.368 e. The lowest BCUT2D eigenvalue weighted by molar-refractivity contribution is 0.899. The Bertz CT molecular complexity index is 799. The second-order valence-corrected chi connectivity index (χ2v) is 7.02. The van der Waals surface area contributed by atoms with Gasteiger partial charge in [-0.05, 0) is 24.6 Å². The van der Waals surface area contributed by atoms with E-state index in [9.17, 15) is 0 Å². The smallest absolute Gasteiger partial charge is 0.223 e. The Balaban J connectivity index is 2.01. The number of hydrogen-bond donors (Lipinski definition) is 1. The summed E-state index contributed by atoms with van der Waals surface area (Å²) in [4.78, 5) is 13.0. The lowest BCUT2D eigenvalue weighted by Crippen LogP contribution is -2.19. The highest BCUT2D eigenvalue weighted by Crippen LogP contribution is 2.31. The zero-order valence-electron chi connectivity index (χ0n) is 11.8. The second kappa shape index (κ2) is 5.61. The molecule has 2 N–H and O–H groups in total. The van der Waals surface area contributed by atoms with E-state index in [1.165, 1.54) is 10.4 Å². The number of fused-ring (bicyclic) bond motifs is 1. The fraction of sp³-hybridized carbons (Fsp3) is 0.200. The fourth-order valence-corrected chi connectivity index (χ4v) is 3.58. The van der Waals surface area contributed by atoms with Gasteiger partial charge in [0.2, 0.25) is 5.95 Å². The lowest BCUT2D eigenvalue weighted by Gasteiger charge is -2.20. The second-order valence-electron chi connectivity index (χ2n) is 4.93. The van der Waals surface area contributed by atoms with Crippen LogP contribution in [0.25, 0.3) is 10.2 Å². The number of benzene rings is 1. The number of aryl methyl sites for hydroxylation is 1. The predicted molar refractivity (Wildman–Crippen MR) is 92.8 cm³/mol. The highest BCUT2D eigenvalue weighted by atomic mass is 79.9. The van der Waals surface area contributed by atoms with E-state index in [0.717, 1.165) is 27.1 Å². The molecule has 0 spiro atoms. The molecule has 3 aromatic rings. The van der Waals surface area contributed by atoms with Gasteiger partial charge in [0, 0.05) is 22.9 Å². The highest BCUT2D eigenvalue weighted by Gasteiger charge is 2.14. The van der Waals surface area contributed by atoms with Gasteiger partial charge in [-0.1, -0.05) is 34.1 Å². The maximum absolute atomic E-state index is 5.84. The molecule has 2 aromatic heterocycles. The Labute approximate surface area is 135 Å². The molecular formula is C15H15BrN4S. The first kappa shape index (κ1) is 14.3. The monoisotopic (exact) mass is 362 g/mol. The SMILES string of the molecule is Cc1cc2c(N(C)Cc3ccccc3Br)nc(N)nc2s1. The summed E-state index contributed by atoms with van der Waals surface area (Å²) < 4.78 is 1.09. The summed E-state index contributed by atoms with van der Waals surface area (Å²) >= 11 is 5.22. The third kappa shape index (κ3) is 2.87. The zero-order chi connectivity index (χ0) is 15.0. The summed E-state index contributed by atoms with van der Waals surface area (Å²) in [6.45, 7) is 2.82. The summed E-state index contributed by atoms with van der Waals surface area (Å²) in [6.07, 6.45) is 0. The Kier molecular flexibility index (Phi) is 3.82. The Morgan fingerprint density at radius 3 is 2.81 bits per heavy atom. The molecule has 2 heterocycles. The molecule has 0 bridgehead atoms. The highest BCUT2D eigenvalue weighted by molar-refractivity contribution is 9.10. The normalized spacial score (nSPS) is 11.0. The van der Waals surface area contributed by atoms with Gasteiger partial charge in [-0.15, -0.1) is 11.3 Å². The number of hydrogen-bond acceptors (Lipinski definition) is 5. The molecule has 6 heteroatoms. The minimum atomic E-state index is 0.318. The molecule has 0 fully saturated rings. The van der Waals surface area contributed by atoms with Gasteiger partial charge in [0.25, 0.3) is 0 Å². The van der Waals surface area contributed by atoms with Gasteiger partial charge in [0.1, 0.15) is 10.6 Å². The molecule has 0 aliphatic rings. The van der Waals surface area contributed by atoms with Crippen LogP contribution in [0.1, 0.15) is 10.4 Å². The average Bonchev–Trinajstić information content (AvgIpc) is 2.80. The average molecular weight is 363 g/mol. The molecule has 0 aliphatic carbocycles. The summed E-state index contributed by atoms with van der Waals surface area (Å²) in [5, 5.41) is 1.06. The molecule has 0 amide bonds. The fourth-order valence-electron chi connectivity index (χ4n) is 2.29. The Hall–Kier alpha value is -1.66. The van der Waals surface area contributed by atoms with Crippen molar-refractivity contribution >= 4 is 49.2 Å². The van der Waals surface area contributed by atoms with Crippen LogP contribution in [-0.2, 0) is 6.54 Å². The van der Waals surface area contributed by atoms with E-state index in [4.69, 9.17) is 5.73 Å². The molecule has 108 valence electrons. The van der Waals surface area contributed by atoms with Crippen LogP contribution in [0.5, 0.6) is 0 Å². The van der Waals surface area contributed by atoms with Crippen LogP contribution >= 0.6 is 27.3 Å². The van der Waals surface area contributed by atoms with Crippen LogP contribution in [0.2, 0.25) is 0 Å². The van der Waals surface area contributed by atoms with Gasteiger partial charge in [0.15, 0.2) is 0 Å². The van der Waals surface area contributed by atoms with E-state index in [0.29, 0.717) is 5.95 Å². The minimum absolute atomic E-state index is 0.318. The molecule has 0 saturated heterocycles. The molecule has 0 unspecified atom stereocenters. The number of rotatable bonds is 3. The maximum atomic E-state index is 5.84. The van der Waals surface area contributed by atoms with Gasteiger partial charge in [-0.2, -0.15) is 4.98 Å². The topological polar surface area (TPSA) is 55.0 Å². The van der Waals surface area contributed by atoms with Crippen LogP contribution < -0.4 is 10.6 Å². The van der Waals surface area contributed by atoms with E-state index in [1.54, 1.807) is 11.3 Å². The number of nitrogen functional groups attached to an aromatic ring is 1. The Morgan fingerprint density at radius 1 is 1.29 bits per heavy atom. The molecule has 3 rings (SSSR count). The largest absolute Gasteiger partial charge is 0.368 e. The summed E-state index contributed by atoms with van der Waals surface area (Å²) in [5.41, 5.74) is 7.05. The molecule has 0 radical (unpaired) electrons. The van der Waals surface area contributed by atoms with Crippen LogP contribution in [-0.4, -0.2) is 17.0 Å². The van der Waals surface area contributed by atoms with Gasteiger partial charge in [-0.25, -0.2) is 4.98 Å². The molecule has 4 nitrogen and oxygen atoms in total. The number of anilines is 2. The number of thiophene rings is 1. The van der Waals surface area contributed by atoms with E-state index in [1.807, 2.05) is 25.2 Å². The summed E-state index contributed by atoms with van der Waals surface area (Å²) in [6, 6.07) is 10.3. The Morgan fingerprint density at radius 2 is 2.05 bits per heavy atom. The van der Waals surface area contributed by atoms with Crippen LogP contribution in [0, 0.1) is 6.92 Å². The van der Waals surface area contributed by atoms with Crippen LogP contribution in [0.15, 0.2) is 34.8 Å². The summed E-state index contributed by atoms with van der Waals surface area (Å²) in [5.74, 6) is 1.19. The third-order valence-electron chi connectivity index (χ3n) is 3.24. The summed E-state index contributed by atoms with van der Waals surface area (Å²) in [7, 11) is 2.02. The molecule has 21 heavy (non-hydrogen) atoms. The molecule has 0 atom stereocenters. The molecule has 0 aliphatic heterocycles. The van der Waals surface area contributed by atoms with Crippen LogP contribution in [0.3, 0.4) is 0 Å². The van der Waals surface area contributed by atoms with E-state index in [-0.39, 0.29) is 0 Å². The quantitative estimate of drug-likeness (QED) is 0.765. The van der Waals surface area contributed by atoms with Crippen molar-refractivity contribution in [1.82, 2.24) is 9.97 Å². The third-order valence-corrected chi connectivity index (χ3v) is 4.96. The van der Waals surface area contributed by atoms with Crippen molar-refractivity contribution in [3.8, 4) is 0 Å². The van der Waals surface area contributed by atoms with Crippen molar-refractivity contribution in [3.05, 3.63) is 45.2 Å². The van der Waals surface area contributed by atoms with Crippen molar-refractivity contribution < 1.29 is 0 Å².